The SMILES string of the molecule is C[C@H](C(=O)N1CCO[C@H](c2ccccc2)C1)N1CCSCC1. The molecule has 3 rings (SSSR count). The predicted molar refractivity (Wildman–Crippen MR) is 90.1 cm³/mol. The van der Waals surface area contributed by atoms with Crippen molar-refractivity contribution in [2.75, 3.05) is 44.3 Å². The molecular formula is C17H24N2O2S. The Kier molecular flexibility index (Phi) is 5.39. The molecule has 0 N–H and O–H groups in total. The fourth-order valence-corrected chi connectivity index (χ4v) is 4.04. The van der Waals surface area contributed by atoms with E-state index >= 15 is 0 Å². The number of hydrogen-bond acceptors (Lipinski definition) is 4. The average Bonchev–Trinajstić information content (AvgIpc) is 2.62. The number of amides is 1. The quantitative estimate of drug-likeness (QED) is 0.853. The fourth-order valence-electron chi connectivity index (χ4n) is 3.10. The highest BCUT2D eigenvalue weighted by Gasteiger charge is 2.31. The molecule has 4 nitrogen and oxygen atoms in total. The van der Waals surface area contributed by atoms with Gasteiger partial charge in [0.15, 0.2) is 0 Å². The van der Waals surface area contributed by atoms with Crippen LogP contribution in [-0.2, 0) is 9.53 Å². The van der Waals surface area contributed by atoms with Crippen molar-refractivity contribution in [2.45, 2.75) is 19.1 Å². The number of carbonyl (C=O) groups excluding carboxylic acids is 1. The van der Waals surface area contributed by atoms with Gasteiger partial charge in [-0.15, -0.1) is 0 Å². The summed E-state index contributed by atoms with van der Waals surface area (Å²) in [7, 11) is 0. The third-order valence-corrected chi connectivity index (χ3v) is 5.44. The van der Waals surface area contributed by atoms with E-state index < -0.39 is 0 Å². The van der Waals surface area contributed by atoms with Gasteiger partial charge >= 0.3 is 0 Å². The van der Waals surface area contributed by atoms with Crippen molar-refractivity contribution in [3.63, 3.8) is 0 Å². The van der Waals surface area contributed by atoms with Gasteiger partial charge in [0.25, 0.3) is 0 Å². The maximum atomic E-state index is 12.8. The summed E-state index contributed by atoms with van der Waals surface area (Å²) in [6, 6.07) is 10.2. The van der Waals surface area contributed by atoms with E-state index in [1.807, 2.05) is 41.8 Å². The van der Waals surface area contributed by atoms with Gasteiger partial charge in [-0.05, 0) is 12.5 Å². The van der Waals surface area contributed by atoms with Gasteiger partial charge in [0.05, 0.1) is 19.2 Å². The Balaban J connectivity index is 1.62. The maximum Gasteiger partial charge on any atom is 0.239 e. The van der Waals surface area contributed by atoms with E-state index in [2.05, 4.69) is 17.0 Å². The number of morpholine rings is 1. The van der Waals surface area contributed by atoms with E-state index in [9.17, 15) is 4.79 Å². The highest BCUT2D eigenvalue weighted by atomic mass is 32.2. The minimum absolute atomic E-state index is 0.00279. The van der Waals surface area contributed by atoms with Gasteiger partial charge in [0, 0.05) is 31.1 Å². The summed E-state index contributed by atoms with van der Waals surface area (Å²) in [5, 5.41) is 0. The summed E-state index contributed by atoms with van der Waals surface area (Å²) >= 11 is 1.97. The molecule has 0 bridgehead atoms. The summed E-state index contributed by atoms with van der Waals surface area (Å²) in [6.07, 6.45) is 0.00279. The molecule has 0 unspecified atom stereocenters. The second-order valence-corrected chi connectivity index (χ2v) is 7.10. The lowest BCUT2D eigenvalue weighted by atomic mass is 10.1. The van der Waals surface area contributed by atoms with Gasteiger partial charge in [0.1, 0.15) is 6.10 Å². The van der Waals surface area contributed by atoms with Crippen molar-refractivity contribution in [2.24, 2.45) is 0 Å². The summed E-state index contributed by atoms with van der Waals surface area (Å²) in [4.78, 5) is 17.1. The summed E-state index contributed by atoms with van der Waals surface area (Å²) in [6.45, 7) is 6.07. The van der Waals surface area contributed by atoms with Crippen molar-refractivity contribution in [3.05, 3.63) is 35.9 Å². The molecule has 1 aromatic rings. The Morgan fingerprint density at radius 3 is 2.68 bits per heavy atom. The van der Waals surface area contributed by atoms with E-state index in [4.69, 9.17) is 4.74 Å². The Morgan fingerprint density at radius 1 is 1.23 bits per heavy atom. The molecule has 0 spiro atoms. The number of rotatable bonds is 3. The number of benzene rings is 1. The van der Waals surface area contributed by atoms with E-state index in [1.54, 1.807) is 0 Å². The van der Waals surface area contributed by atoms with Crippen molar-refractivity contribution in [1.29, 1.82) is 0 Å². The first-order valence-corrected chi connectivity index (χ1v) is 9.18. The minimum atomic E-state index is -0.0181. The van der Waals surface area contributed by atoms with Crippen LogP contribution in [0.5, 0.6) is 0 Å². The van der Waals surface area contributed by atoms with Gasteiger partial charge in [-0.3, -0.25) is 9.69 Å². The molecule has 2 atom stereocenters. The van der Waals surface area contributed by atoms with Crippen LogP contribution >= 0.6 is 11.8 Å². The van der Waals surface area contributed by atoms with Crippen LogP contribution in [0.15, 0.2) is 30.3 Å². The van der Waals surface area contributed by atoms with Crippen molar-refractivity contribution in [3.8, 4) is 0 Å². The van der Waals surface area contributed by atoms with Crippen LogP contribution in [0.4, 0.5) is 0 Å². The zero-order valence-corrected chi connectivity index (χ0v) is 13.9. The monoisotopic (exact) mass is 320 g/mol. The number of ether oxygens (including phenoxy) is 1. The normalized spacial score (nSPS) is 25.0. The summed E-state index contributed by atoms with van der Waals surface area (Å²) in [5.41, 5.74) is 1.15. The first-order chi connectivity index (χ1) is 10.8. The van der Waals surface area contributed by atoms with Gasteiger partial charge < -0.3 is 9.64 Å². The van der Waals surface area contributed by atoms with Crippen molar-refractivity contribution < 1.29 is 9.53 Å². The van der Waals surface area contributed by atoms with Crippen LogP contribution in [0.25, 0.3) is 0 Å². The highest BCUT2D eigenvalue weighted by molar-refractivity contribution is 7.99. The number of thioether (sulfide) groups is 1. The third kappa shape index (κ3) is 3.65. The Morgan fingerprint density at radius 2 is 1.95 bits per heavy atom. The molecule has 2 saturated heterocycles. The maximum absolute atomic E-state index is 12.8. The number of carbonyl (C=O) groups is 1. The van der Waals surface area contributed by atoms with Crippen LogP contribution in [0.2, 0.25) is 0 Å². The lowest BCUT2D eigenvalue weighted by Crippen LogP contribution is -2.52. The molecule has 2 heterocycles. The molecule has 0 radical (unpaired) electrons. The molecule has 120 valence electrons. The molecule has 2 aliphatic rings. The van der Waals surface area contributed by atoms with E-state index in [1.165, 1.54) is 0 Å². The molecule has 2 aliphatic heterocycles. The second-order valence-electron chi connectivity index (χ2n) is 5.88. The predicted octanol–water partition coefficient (Wildman–Crippen LogP) is 2.02. The zero-order chi connectivity index (χ0) is 15.4. The van der Waals surface area contributed by atoms with Crippen molar-refractivity contribution in [1.82, 2.24) is 9.80 Å². The van der Waals surface area contributed by atoms with E-state index in [0.29, 0.717) is 19.7 Å². The van der Waals surface area contributed by atoms with Gasteiger partial charge in [-0.2, -0.15) is 11.8 Å². The summed E-state index contributed by atoms with van der Waals surface area (Å²) in [5.74, 6) is 2.51. The van der Waals surface area contributed by atoms with Gasteiger partial charge in [0.2, 0.25) is 5.91 Å². The standard InChI is InChI=1S/C17H24N2O2S/c1-14(18-8-11-22-12-9-18)17(20)19-7-10-21-16(13-19)15-5-3-2-4-6-15/h2-6,14,16H,7-13H2,1H3/t14-,16+/m1/s1. The second kappa shape index (κ2) is 7.49. The van der Waals surface area contributed by atoms with Gasteiger partial charge in [-0.25, -0.2) is 0 Å². The fraction of sp³-hybridized carbons (Fsp3) is 0.588. The van der Waals surface area contributed by atoms with Gasteiger partial charge in [-0.1, -0.05) is 30.3 Å². The lowest BCUT2D eigenvalue weighted by molar-refractivity contribution is -0.144. The largest absolute Gasteiger partial charge is 0.370 e. The van der Waals surface area contributed by atoms with Crippen LogP contribution in [-0.4, -0.2) is 66.0 Å². The van der Waals surface area contributed by atoms with Crippen LogP contribution in [0, 0.1) is 0 Å². The Bertz CT molecular complexity index is 491. The van der Waals surface area contributed by atoms with E-state index in [-0.39, 0.29) is 18.1 Å². The van der Waals surface area contributed by atoms with Crippen LogP contribution in [0.1, 0.15) is 18.6 Å². The molecule has 1 aromatic carbocycles. The van der Waals surface area contributed by atoms with Crippen LogP contribution in [0.3, 0.4) is 0 Å². The Hall–Kier alpha value is -1.04. The lowest BCUT2D eigenvalue weighted by Gasteiger charge is -2.38. The molecule has 0 aliphatic carbocycles. The van der Waals surface area contributed by atoms with Crippen LogP contribution < -0.4 is 0 Å². The number of nitrogens with zero attached hydrogens (tertiary/aromatic N) is 2. The van der Waals surface area contributed by atoms with Crippen molar-refractivity contribution >= 4 is 17.7 Å². The summed E-state index contributed by atoms with van der Waals surface area (Å²) < 4.78 is 5.86. The zero-order valence-electron chi connectivity index (χ0n) is 13.1. The molecule has 0 aromatic heterocycles. The van der Waals surface area contributed by atoms with E-state index in [0.717, 1.165) is 30.2 Å². The third-order valence-electron chi connectivity index (χ3n) is 4.50. The number of hydrogen-bond donors (Lipinski definition) is 0. The molecule has 5 heteroatoms. The topological polar surface area (TPSA) is 32.8 Å². The molecule has 22 heavy (non-hydrogen) atoms. The molecular weight excluding hydrogens is 296 g/mol. The highest BCUT2D eigenvalue weighted by Crippen LogP contribution is 2.23. The molecule has 1 amide bonds. The molecule has 2 fully saturated rings. The average molecular weight is 320 g/mol. The molecule has 0 saturated carbocycles. The Labute approximate surface area is 136 Å². The first-order valence-electron chi connectivity index (χ1n) is 8.03. The smallest absolute Gasteiger partial charge is 0.239 e. The first kappa shape index (κ1) is 15.8. The minimum Gasteiger partial charge on any atom is -0.370 e.